The summed E-state index contributed by atoms with van der Waals surface area (Å²) in [6.07, 6.45) is -3.67. The number of benzene rings is 2. The number of hydrogen-bond donors (Lipinski definition) is 2. The van der Waals surface area contributed by atoms with E-state index in [2.05, 4.69) is 15.0 Å². The van der Waals surface area contributed by atoms with Crippen LogP contribution in [0.5, 0.6) is 17.2 Å². The van der Waals surface area contributed by atoms with Crippen LogP contribution in [0.3, 0.4) is 0 Å². The molecule has 0 radical (unpaired) electrons. The second kappa shape index (κ2) is 8.05. The van der Waals surface area contributed by atoms with Crippen molar-refractivity contribution in [3.8, 4) is 17.2 Å². The molecule has 0 unspecified atom stereocenters. The number of ether oxygens (including phenoxy) is 2. The zero-order chi connectivity index (χ0) is 21.0. The summed E-state index contributed by atoms with van der Waals surface area (Å²) in [5.41, 5.74) is -0.662. The van der Waals surface area contributed by atoms with Crippen molar-refractivity contribution in [3.63, 3.8) is 0 Å². The van der Waals surface area contributed by atoms with Crippen LogP contribution in [0.15, 0.2) is 65.6 Å². The van der Waals surface area contributed by atoms with E-state index >= 15 is 0 Å². The standard InChI is InChI=1S/C19H12F4N2O4/c20-11-1-3-13(4-2-11)28-16-6-5-14(29-19(21,22)23)10-15(16)18(27)25-12-7-8-24-17(26)9-12/h1-10H,(H2,24,25,26,27). The molecule has 2 N–H and O–H groups in total. The first-order chi connectivity index (χ1) is 13.7. The Morgan fingerprint density at radius 1 is 0.966 bits per heavy atom. The lowest BCUT2D eigenvalue weighted by Crippen LogP contribution is -2.18. The number of rotatable bonds is 5. The van der Waals surface area contributed by atoms with Gasteiger partial charge < -0.3 is 19.8 Å². The van der Waals surface area contributed by atoms with Gasteiger partial charge >= 0.3 is 6.36 Å². The molecule has 0 spiro atoms. The van der Waals surface area contributed by atoms with Gasteiger partial charge in [0.2, 0.25) is 5.56 Å². The van der Waals surface area contributed by atoms with Crippen LogP contribution < -0.4 is 20.3 Å². The van der Waals surface area contributed by atoms with Gasteiger partial charge in [-0.1, -0.05) is 0 Å². The molecule has 29 heavy (non-hydrogen) atoms. The first-order valence-electron chi connectivity index (χ1n) is 8.03. The fourth-order valence-electron chi connectivity index (χ4n) is 2.32. The van der Waals surface area contributed by atoms with E-state index in [1.165, 1.54) is 24.4 Å². The van der Waals surface area contributed by atoms with E-state index in [0.29, 0.717) is 0 Å². The van der Waals surface area contributed by atoms with E-state index in [4.69, 9.17) is 4.74 Å². The summed E-state index contributed by atoms with van der Waals surface area (Å²) < 4.78 is 60.0. The third-order valence-corrected chi connectivity index (χ3v) is 3.50. The molecule has 10 heteroatoms. The van der Waals surface area contributed by atoms with Crippen LogP contribution in [0.1, 0.15) is 10.4 Å². The van der Waals surface area contributed by atoms with Gasteiger partial charge in [-0.2, -0.15) is 0 Å². The summed E-state index contributed by atoms with van der Waals surface area (Å²) in [6.45, 7) is 0. The van der Waals surface area contributed by atoms with Gasteiger partial charge in [0.25, 0.3) is 5.91 Å². The second-order valence-electron chi connectivity index (χ2n) is 5.66. The maximum Gasteiger partial charge on any atom is 0.573 e. The molecule has 0 atom stereocenters. The molecular formula is C19H12F4N2O4. The van der Waals surface area contributed by atoms with Crippen molar-refractivity contribution in [3.05, 3.63) is 82.5 Å². The molecule has 1 heterocycles. The Balaban J connectivity index is 1.95. The number of hydrogen-bond acceptors (Lipinski definition) is 4. The summed E-state index contributed by atoms with van der Waals surface area (Å²) >= 11 is 0. The number of amides is 1. The van der Waals surface area contributed by atoms with Crippen LogP contribution in [0.25, 0.3) is 0 Å². The molecule has 1 amide bonds. The van der Waals surface area contributed by atoms with Crippen molar-refractivity contribution in [1.29, 1.82) is 0 Å². The van der Waals surface area contributed by atoms with Gasteiger partial charge in [-0.15, -0.1) is 13.2 Å². The molecule has 0 aliphatic rings. The molecular weight excluding hydrogens is 396 g/mol. The van der Waals surface area contributed by atoms with E-state index in [9.17, 15) is 27.2 Å². The van der Waals surface area contributed by atoms with Crippen molar-refractivity contribution in [2.75, 3.05) is 5.32 Å². The minimum absolute atomic E-state index is 0.103. The largest absolute Gasteiger partial charge is 0.573 e. The van der Waals surface area contributed by atoms with Gasteiger partial charge in [-0.25, -0.2) is 4.39 Å². The third-order valence-electron chi connectivity index (χ3n) is 3.50. The van der Waals surface area contributed by atoms with Crippen LogP contribution in [-0.2, 0) is 0 Å². The molecule has 0 aliphatic heterocycles. The van der Waals surface area contributed by atoms with Crippen molar-refractivity contribution in [1.82, 2.24) is 4.98 Å². The Morgan fingerprint density at radius 2 is 1.66 bits per heavy atom. The number of H-pyrrole nitrogens is 1. The predicted molar refractivity (Wildman–Crippen MR) is 94.6 cm³/mol. The Labute approximate surface area is 160 Å². The summed E-state index contributed by atoms with van der Waals surface area (Å²) in [6, 6.07) is 10.2. The highest BCUT2D eigenvalue weighted by Crippen LogP contribution is 2.32. The number of nitrogens with one attached hydrogen (secondary N) is 2. The summed E-state index contributed by atoms with van der Waals surface area (Å²) in [5.74, 6) is -1.95. The number of aromatic amines is 1. The molecule has 3 aromatic rings. The lowest BCUT2D eigenvalue weighted by molar-refractivity contribution is -0.274. The molecule has 3 rings (SSSR count). The van der Waals surface area contributed by atoms with Gasteiger partial charge in [0.1, 0.15) is 23.1 Å². The van der Waals surface area contributed by atoms with E-state index in [0.717, 1.165) is 36.4 Å². The molecule has 6 nitrogen and oxygen atoms in total. The fraction of sp³-hybridized carbons (Fsp3) is 0.0526. The van der Waals surface area contributed by atoms with Crippen LogP contribution in [0, 0.1) is 5.82 Å². The highest BCUT2D eigenvalue weighted by molar-refractivity contribution is 6.06. The minimum Gasteiger partial charge on any atom is -0.457 e. The monoisotopic (exact) mass is 408 g/mol. The summed E-state index contributed by atoms with van der Waals surface area (Å²) in [5, 5.41) is 2.39. The Kier molecular flexibility index (Phi) is 5.53. The highest BCUT2D eigenvalue weighted by atomic mass is 19.4. The van der Waals surface area contributed by atoms with Gasteiger partial charge in [0.15, 0.2) is 0 Å². The number of carbonyl (C=O) groups excluding carboxylic acids is 1. The SMILES string of the molecule is O=C(Nc1cc[nH]c(=O)c1)c1cc(OC(F)(F)F)ccc1Oc1ccc(F)cc1. The van der Waals surface area contributed by atoms with Crippen LogP contribution >= 0.6 is 0 Å². The summed E-state index contributed by atoms with van der Waals surface area (Å²) in [4.78, 5) is 26.3. The normalized spacial score (nSPS) is 11.0. The number of pyridine rings is 1. The average molecular weight is 408 g/mol. The highest BCUT2D eigenvalue weighted by Gasteiger charge is 2.31. The van der Waals surface area contributed by atoms with Gasteiger partial charge in [0.05, 0.1) is 5.56 Å². The molecule has 150 valence electrons. The maximum atomic E-state index is 13.0. The van der Waals surface area contributed by atoms with Crippen LogP contribution in [-0.4, -0.2) is 17.3 Å². The van der Waals surface area contributed by atoms with Gasteiger partial charge in [-0.05, 0) is 48.5 Å². The van der Waals surface area contributed by atoms with Crippen molar-refractivity contribution >= 4 is 11.6 Å². The molecule has 1 aromatic heterocycles. The number of anilines is 1. The maximum absolute atomic E-state index is 13.0. The summed E-state index contributed by atoms with van der Waals surface area (Å²) in [7, 11) is 0. The molecule has 0 saturated heterocycles. The molecule has 0 fully saturated rings. The number of aromatic nitrogens is 1. The Hall–Kier alpha value is -3.82. The molecule has 0 bridgehead atoms. The first-order valence-corrected chi connectivity index (χ1v) is 8.03. The molecule has 2 aromatic carbocycles. The third kappa shape index (κ3) is 5.58. The lowest BCUT2D eigenvalue weighted by Gasteiger charge is -2.14. The Bertz CT molecular complexity index is 1080. The number of carbonyl (C=O) groups is 1. The number of halogens is 4. The average Bonchev–Trinajstić information content (AvgIpc) is 2.63. The minimum atomic E-state index is -4.96. The van der Waals surface area contributed by atoms with Crippen molar-refractivity contribution < 1.29 is 31.8 Å². The smallest absolute Gasteiger partial charge is 0.457 e. The van der Waals surface area contributed by atoms with Crippen molar-refractivity contribution in [2.45, 2.75) is 6.36 Å². The first kappa shape index (κ1) is 19.9. The quantitative estimate of drug-likeness (QED) is 0.611. The second-order valence-corrected chi connectivity index (χ2v) is 5.66. The van der Waals surface area contributed by atoms with E-state index in [1.807, 2.05) is 0 Å². The predicted octanol–water partition coefficient (Wildman–Crippen LogP) is 4.46. The van der Waals surface area contributed by atoms with Crippen molar-refractivity contribution in [2.24, 2.45) is 0 Å². The van der Waals surface area contributed by atoms with E-state index in [1.54, 1.807) is 0 Å². The zero-order valence-electron chi connectivity index (χ0n) is 14.4. The number of alkyl halides is 3. The molecule has 0 aliphatic carbocycles. The molecule has 0 saturated carbocycles. The lowest BCUT2D eigenvalue weighted by atomic mass is 10.1. The zero-order valence-corrected chi connectivity index (χ0v) is 14.4. The van der Waals surface area contributed by atoms with E-state index in [-0.39, 0.29) is 22.7 Å². The fourth-order valence-corrected chi connectivity index (χ4v) is 2.32. The Morgan fingerprint density at radius 3 is 2.31 bits per heavy atom. The van der Waals surface area contributed by atoms with Gasteiger partial charge in [0, 0.05) is 18.0 Å². The van der Waals surface area contributed by atoms with Gasteiger partial charge in [-0.3, -0.25) is 9.59 Å². The van der Waals surface area contributed by atoms with Crippen LogP contribution in [0.4, 0.5) is 23.2 Å². The van der Waals surface area contributed by atoms with Crippen LogP contribution in [0.2, 0.25) is 0 Å². The topological polar surface area (TPSA) is 80.4 Å². The van der Waals surface area contributed by atoms with E-state index < -0.39 is 29.4 Å².